The van der Waals surface area contributed by atoms with E-state index in [-0.39, 0.29) is 22.7 Å². The molecule has 3 aromatic carbocycles. The molecule has 3 N–H and O–H groups in total. The second-order valence-electron chi connectivity index (χ2n) is 7.02. The number of halogens is 4. The van der Waals surface area contributed by atoms with E-state index in [0.29, 0.717) is 17.2 Å². The first-order valence-electron chi connectivity index (χ1n) is 9.33. The second-order valence-corrected chi connectivity index (χ2v) is 7.02. The van der Waals surface area contributed by atoms with E-state index in [2.05, 4.69) is 5.32 Å². The number of rotatable bonds is 5. The monoisotopic (exact) mass is 446 g/mol. The van der Waals surface area contributed by atoms with Crippen LogP contribution in [0.3, 0.4) is 0 Å². The Morgan fingerprint density at radius 2 is 1.62 bits per heavy atom. The number of anilines is 1. The Labute approximate surface area is 180 Å². The summed E-state index contributed by atoms with van der Waals surface area (Å²) in [5.74, 6) is -2.10. The molecule has 0 atom stereocenters. The number of hydrogen-bond donors (Lipinski definition) is 2. The quantitative estimate of drug-likeness (QED) is 0.500. The summed E-state index contributed by atoms with van der Waals surface area (Å²) in [6.07, 6.45) is -4.69. The standard InChI is InChI=1S/C23H18F4N2O3/c1-12-10-15(24)7-9-19(12)32-20-8-6-14(23(25,26)27)11-17(20)22(31)29-18-5-3-4-16(13(18)2)21(28)30/h3-11H,1-2H3,(H2,28,30)(H,29,31). The summed E-state index contributed by atoms with van der Waals surface area (Å²) in [5, 5.41) is 2.50. The van der Waals surface area contributed by atoms with Gasteiger partial charge in [0.1, 0.15) is 17.3 Å². The van der Waals surface area contributed by atoms with Crippen LogP contribution < -0.4 is 15.8 Å². The number of primary amides is 1. The number of ether oxygens (including phenoxy) is 1. The average molecular weight is 446 g/mol. The fraction of sp³-hybridized carbons (Fsp3) is 0.130. The molecular weight excluding hydrogens is 428 g/mol. The molecule has 9 heteroatoms. The maximum atomic E-state index is 13.4. The third-order valence-electron chi connectivity index (χ3n) is 4.76. The number of carbonyl (C=O) groups is 2. The molecule has 0 aliphatic heterocycles. The minimum atomic E-state index is -4.69. The zero-order chi connectivity index (χ0) is 23.6. The molecule has 0 aliphatic rings. The zero-order valence-electron chi connectivity index (χ0n) is 17.0. The molecule has 3 aromatic rings. The Bertz CT molecular complexity index is 1210. The summed E-state index contributed by atoms with van der Waals surface area (Å²) in [5.41, 5.74) is 4.97. The maximum absolute atomic E-state index is 13.4. The van der Waals surface area contributed by atoms with Gasteiger partial charge in [0, 0.05) is 11.3 Å². The average Bonchev–Trinajstić information content (AvgIpc) is 2.70. The number of amides is 2. The van der Waals surface area contributed by atoms with Gasteiger partial charge in [0.25, 0.3) is 5.91 Å². The van der Waals surface area contributed by atoms with E-state index in [9.17, 15) is 27.2 Å². The highest BCUT2D eigenvalue weighted by molar-refractivity contribution is 6.07. The summed E-state index contributed by atoms with van der Waals surface area (Å²) in [6.45, 7) is 3.10. The van der Waals surface area contributed by atoms with Crippen LogP contribution in [0.4, 0.5) is 23.2 Å². The summed E-state index contributed by atoms with van der Waals surface area (Å²) >= 11 is 0. The van der Waals surface area contributed by atoms with Crippen LogP contribution in [-0.4, -0.2) is 11.8 Å². The lowest BCUT2D eigenvalue weighted by Gasteiger charge is -2.16. The first-order valence-corrected chi connectivity index (χ1v) is 9.33. The summed E-state index contributed by atoms with van der Waals surface area (Å²) in [4.78, 5) is 24.5. The van der Waals surface area contributed by atoms with Crippen molar-refractivity contribution in [1.82, 2.24) is 0 Å². The Morgan fingerprint density at radius 3 is 2.25 bits per heavy atom. The molecule has 5 nitrogen and oxygen atoms in total. The number of nitrogens with one attached hydrogen (secondary N) is 1. The highest BCUT2D eigenvalue weighted by Gasteiger charge is 2.32. The van der Waals surface area contributed by atoms with Crippen LogP contribution in [0.5, 0.6) is 11.5 Å². The van der Waals surface area contributed by atoms with Crippen molar-refractivity contribution < 1.29 is 31.9 Å². The van der Waals surface area contributed by atoms with Gasteiger partial charge in [0.2, 0.25) is 5.91 Å². The summed E-state index contributed by atoms with van der Waals surface area (Å²) < 4.78 is 58.8. The minimum Gasteiger partial charge on any atom is -0.456 e. The topological polar surface area (TPSA) is 81.4 Å². The first-order chi connectivity index (χ1) is 15.0. The van der Waals surface area contributed by atoms with Crippen LogP contribution in [0.1, 0.15) is 37.4 Å². The van der Waals surface area contributed by atoms with Crippen LogP contribution in [0.25, 0.3) is 0 Å². The highest BCUT2D eigenvalue weighted by Crippen LogP contribution is 2.35. The maximum Gasteiger partial charge on any atom is 0.416 e. The van der Waals surface area contributed by atoms with Gasteiger partial charge in [-0.25, -0.2) is 4.39 Å². The summed E-state index contributed by atoms with van der Waals surface area (Å²) in [6, 6.07) is 10.5. The van der Waals surface area contributed by atoms with Gasteiger partial charge in [0.15, 0.2) is 0 Å². The third-order valence-corrected chi connectivity index (χ3v) is 4.76. The van der Waals surface area contributed by atoms with Crippen molar-refractivity contribution in [3.63, 3.8) is 0 Å². The van der Waals surface area contributed by atoms with Crippen LogP contribution in [0.15, 0.2) is 54.6 Å². The van der Waals surface area contributed by atoms with E-state index in [1.807, 2.05) is 0 Å². The Kier molecular flexibility index (Phi) is 6.20. The van der Waals surface area contributed by atoms with Crippen molar-refractivity contribution in [1.29, 1.82) is 0 Å². The Hall–Kier alpha value is -3.88. The molecule has 0 heterocycles. The number of carbonyl (C=O) groups excluding carboxylic acids is 2. The normalized spacial score (nSPS) is 11.2. The molecule has 0 aromatic heterocycles. The van der Waals surface area contributed by atoms with Crippen LogP contribution in [0, 0.1) is 19.7 Å². The lowest BCUT2D eigenvalue weighted by atomic mass is 10.0. The minimum absolute atomic E-state index is 0.158. The molecule has 0 radical (unpaired) electrons. The zero-order valence-corrected chi connectivity index (χ0v) is 17.0. The van der Waals surface area contributed by atoms with Gasteiger partial charge in [-0.1, -0.05) is 6.07 Å². The number of hydrogen-bond acceptors (Lipinski definition) is 3. The van der Waals surface area contributed by atoms with Gasteiger partial charge in [-0.15, -0.1) is 0 Å². The second kappa shape index (κ2) is 8.70. The van der Waals surface area contributed by atoms with E-state index >= 15 is 0 Å². The van der Waals surface area contributed by atoms with E-state index in [4.69, 9.17) is 10.5 Å². The fourth-order valence-corrected chi connectivity index (χ4v) is 3.05. The molecule has 166 valence electrons. The number of alkyl halides is 3. The number of benzene rings is 3. The van der Waals surface area contributed by atoms with Crippen molar-refractivity contribution in [3.8, 4) is 11.5 Å². The summed E-state index contributed by atoms with van der Waals surface area (Å²) in [7, 11) is 0. The molecule has 0 fully saturated rings. The van der Waals surface area contributed by atoms with Gasteiger partial charge < -0.3 is 15.8 Å². The molecule has 0 spiro atoms. The van der Waals surface area contributed by atoms with Crippen molar-refractivity contribution in [2.45, 2.75) is 20.0 Å². The van der Waals surface area contributed by atoms with Gasteiger partial charge in [0.05, 0.1) is 11.1 Å². The molecule has 0 aliphatic carbocycles. The van der Waals surface area contributed by atoms with E-state index in [1.54, 1.807) is 13.8 Å². The fourth-order valence-electron chi connectivity index (χ4n) is 3.05. The first kappa shape index (κ1) is 22.8. The molecule has 0 saturated carbocycles. The molecule has 32 heavy (non-hydrogen) atoms. The van der Waals surface area contributed by atoms with Crippen molar-refractivity contribution in [2.24, 2.45) is 5.73 Å². The van der Waals surface area contributed by atoms with E-state index in [0.717, 1.165) is 18.2 Å². The van der Waals surface area contributed by atoms with Crippen LogP contribution in [-0.2, 0) is 6.18 Å². The largest absolute Gasteiger partial charge is 0.456 e. The van der Waals surface area contributed by atoms with E-state index in [1.165, 1.54) is 30.3 Å². The lowest BCUT2D eigenvalue weighted by molar-refractivity contribution is -0.137. The van der Waals surface area contributed by atoms with Crippen molar-refractivity contribution in [2.75, 3.05) is 5.32 Å². The Balaban J connectivity index is 2.03. The van der Waals surface area contributed by atoms with Crippen LogP contribution >= 0.6 is 0 Å². The van der Waals surface area contributed by atoms with Crippen molar-refractivity contribution >= 4 is 17.5 Å². The third kappa shape index (κ3) is 4.88. The molecule has 3 rings (SSSR count). The SMILES string of the molecule is Cc1cc(F)ccc1Oc1ccc(C(F)(F)F)cc1C(=O)Nc1cccc(C(N)=O)c1C. The molecular formula is C23H18F4N2O3. The van der Waals surface area contributed by atoms with Crippen molar-refractivity contribution in [3.05, 3.63) is 88.2 Å². The van der Waals surface area contributed by atoms with Crippen LogP contribution in [0.2, 0.25) is 0 Å². The van der Waals surface area contributed by atoms with Gasteiger partial charge in [-0.2, -0.15) is 13.2 Å². The van der Waals surface area contributed by atoms with Gasteiger partial charge >= 0.3 is 6.18 Å². The highest BCUT2D eigenvalue weighted by atomic mass is 19.4. The number of nitrogens with two attached hydrogens (primary N) is 1. The predicted molar refractivity (Wildman–Crippen MR) is 110 cm³/mol. The van der Waals surface area contributed by atoms with Gasteiger partial charge in [-0.05, 0) is 73.5 Å². The van der Waals surface area contributed by atoms with E-state index < -0.39 is 34.9 Å². The molecule has 2 amide bonds. The Morgan fingerprint density at radius 1 is 0.938 bits per heavy atom. The molecule has 0 saturated heterocycles. The smallest absolute Gasteiger partial charge is 0.416 e. The molecule has 0 bridgehead atoms. The molecule has 0 unspecified atom stereocenters. The lowest BCUT2D eigenvalue weighted by Crippen LogP contribution is -2.18. The predicted octanol–water partition coefficient (Wildman–Crippen LogP) is 5.60. The van der Waals surface area contributed by atoms with Gasteiger partial charge in [-0.3, -0.25) is 9.59 Å². The number of aryl methyl sites for hydroxylation is 1.